The minimum Gasteiger partial charge on any atom is -0.366 e. The fourth-order valence-electron chi connectivity index (χ4n) is 2.53. The summed E-state index contributed by atoms with van der Waals surface area (Å²) in [6.07, 6.45) is 1.89. The molecule has 20 heavy (non-hydrogen) atoms. The monoisotopic (exact) mass is 271 g/mol. The van der Waals surface area contributed by atoms with E-state index in [1.54, 1.807) is 6.07 Å². The lowest BCUT2D eigenvalue weighted by molar-refractivity contribution is 0.596. The van der Waals surface area contributed by atoms with Gasteiger partial charge in [0.25, 0.3) is 0 Å². The number of hydrogen-bond donors (Lipinski definition) is 0. The van der Waals surface area contributed by atoms with E-state index in [0.29, 0.717) is 5.69 Å². The molecule has 0 saturated carbocycles. The smallest absolute Gasteiger partial charge is 0.146 e. The Hall–Kier alpha value is -2.10. The van der Waals surface area contributed by atoms with E-state index in [9.17, 15) is 4.39 Å². The molecule has 3 rings (SSSR count). The second-order valence-corrected chi connectivity index (χ2v) is 5.12. The predicted molar refractivity (Wildman–Crippen MR) is 79.8 cm³/mol. The Morgan fingerprint density at radius 2 is 1.65 bits per heavy atom. The number of anilines is 2. The number of aryl methyl sites for hydroxylation is 1. The van der Waals surface area contributed by atoms with Crippen molar-refractivity contribution in [3.05, 3.63) is 54.0 Å². The molecular weight excluding hydrogens is 253 g/mol. The average Bonchev–Trinajstić information content (AvgIpc) is 2.49. The first-order valence-corrected chi connectivity index (χ1v) is 6.91. The molecule has 0 radical (unpaired) electrons. The fourth-order valence-corrected chi connectivity index (χ4v) is 2.53. The fraction of sp³-hybridized carbons (Fsp3) is 0.312. The van der Waals surface area contributed by atoms with Crippen molar-refractivity contribution in [3.63, 3.8) is 0 Å². The first-order chi connectivity index (χ1) is 9.74. The molecule has 1 fully saturated rings. The summed E-state index contributed by atoms with van der Waals surface area (Å²) in [7, 11) is 0. The SMILES string of the molecule is Cc1ccc(N2CCN(c3ccccc3F)CC2)nc1. The van der Waals surface area contributed by atoms with Crippen molar-refractivity contribution in [2.24, 2.45) is 0 Å². The van der Waals surface area contributed by atoms with Crippen LogP contribution in [-0.2, 0) is 0 Å². The first-order valence-electron chi connectivity index (χ1n) is 6.91. The molecule has 1 aliphatic rings. The van der Waals surface area contributed by atoms with Crippen LogP contribution in [0.1, 0.15) is 5.56 Å². The molecule has 2 aromatic rings. The molecule has 0 amide bonds. The van der Waals surface area contributed by atoms with E-state index < -0.39 is 0 Å². The number of benzene rings is 1. The van der Waals surface area contributed by atoms with Gasteiger partial charge in [-0.25, -0.2) is 9.37 Å². The largest absolute Gasteiger partial charge is 0.366 e. The molecule has 0 spiro atoms. The van der Waals surface area contributed by atoms with Crippen molar-refractivity contribution in [3.8, 4) is 0 Å². The number of aromatic nitrogens is 1. The van der Waals surface area contributed by atoms with Crippen molar-refractivity contribution in [2.45, 2.75) is 6.92 Å². The van der Waals surface area contributed by atoms with Crippen LogP contribution in [-0.4, -0.2) is 31.2 Å². The minimum atomic E-state index is -0.144. The van der Waals surface area contributed by atoms with Crippen molar-refractivity contribution in [1.82, 2.24) is 4.98 Å². The zero-order chi connectivity index (χ0) is 13.9. The maximum absolute atomic E-state index is 13.8. The van der Waals surface area contributed by atoms with Gasteiger partial charge in [0.05, 0.1) is 5.69 Å². The Bertz CT molecular complexity index is 575. The zero-order valence-corrected chi connectivity index (χ0v) is 11.6. The summed E-state index contributed by atoms with van der Waals surface area (Å²) < 4.78 is 13.8. The van der Waals surface area contributed by atoms with Gasteiger partial charge in [0, 0.05) is 32.4 Å². The third-order valence-corrected chi connectivity index (χ3v) is 3.69. The number of para-hydroxylation sites is 1. The Balaban J connectivity index is 1.68. The third kappa shape index (κ3) is 2.59. The topological polar surface area (TPSA) is 19.4 Å². The molecule has 2 heterocycles. The normalized spacial score (nSPS) is 15.5. The molecule has 3 nitrogen and oxygen atoms in total. The molecule has 4 heteroatoms. The number of piperazine rings is 1. The van der Waals surface area contributed by atoms with E-state index >= 15 is 0 Å². The molecule has 1 saturated heterocycles. The van der Waals surface area contributed by atoms with E-state index in [1.165, 1.54) is 11.6 Å². The van der Waals surface area contributed by atoms with Crippen molar-refractivity contribution in [1.29, 1.82) is 0 Å². The van der Waals surface area contributed by atoms with Crippen molar-refractivity contribution >= 4 is 11.5 Å². The summed E-state index contributed by atoms with van der Waals surface area (Å²) in [5, 5.41) is 0. The number of hydrogen-bond acceptors (Lipinski definition) is 3. The standard InChI is InChI=1S/C16H18FN3/c1-13-6-7-16(18-12-13)20-10-8-19(9-11-20)15-5-3-2-4-14(15)17/h2-7,12H,8-11H2,1H3. The molecule has 0 atom stereocenters. The highest BCUT2D eigenvalue weighted by molar-refractivity contribution is 5.50. The van der Waals surface area contributed by atoms with E-state index in [1.807, 2.05) is 31.3 Å². The lowest BCUT2D eigenvalue weighted by atomic mass is 10.2. The third-order valence-electron chi connectivity index (χ3n) is 3.69. The van der Waals surface area contributed by atoms with Crippen LogP contribution >= 0.6 is 0 Å². The van der Waals surface area contributed by atoms with Crippen LogP contribution in [0.15, 0.2) is 42.6 Å². The molecule has 0 N–H and O–H groups in total. The van der Waals surface area contributed by atoms with Crippen LogP contribution in [0.3, 0.4) is 0 Å². The highest BCUT2D eigenvalue weighted by atomic mass is 19.1. The highest BCUT2D eigenvalue weighted by Crippen LogP contribution is 2.21. The predicted octanol–water partition coefficient (Wildman–Crippen LogP) is 2.86. The lowest BCUT2D eigenvalue weighted by Gasteiger charge is -2.36. The van der Waals surface area contributed by atoms with Gasteiger partial charge in [-0.1, -0.05) is 18.2 Å². The van der Waals surface area contributed by atoms with Gasteiger partial charge in [-0.05, 0) is 30.7 Å². The number of nitrogens with zero attached hydrogens (tertiary/aromatic N) is 3. The van der Waals surface area contributed by atoms with E-state index in [0.717, 1.165) is 32.0 Å². The van der Waals surface area contributed by atoms with Gasteiger partial charge >= 0.3 is 0 Å². The molecule has 104 valence electrons. The van der Waals surface area contributed by atoms with Crippen LogP contribution in [0, 0.1) is 12.7 Å². The number of rotatable bonds is 2. The van der Waals surface area contributed by atoms with Gasteiger partial charge < -0.3 is 9.80 Å². The van der Waals surface area contributed by atoms with Gasteiger partial charge in [-0.15, -0.1) is 0 Å². The number of pyridine rings is 1. The second-order valence-electron chi connectivity index (χ2n) is 5.12. The van der Waals surface area contributed by atoms with Crippen LogP contribution in [0.5, 0.6) is 0 Å². The van der Waals surface area contributed by atoms with E-state index in [4.69, 9.17) is 0 Å². The molecule has 0 aliphatic carbocycles. The van der Waals surface area contributed by atoms with E-state index in [-0.39, 0.29) is 5.82 Å². The quantitative estimate of drug-likeness (QED) is 0.837. The Morgan fingerprint density at radius 1 is 0.950 bits per heavy atom. The molecule has 0 bridgehead atoms. The summed E-state index contributed by atoms with van der Waals surface area (Å²) in [5.41, 5.74) is 1.86. The van der Waals surface area contributed by atoms with E-state index in [2.05, 4.69) is 20.9 Å². The van der Waals surface area contributed by atoms with Gasteiger partial charge in [-0.2, -0.15) is 0 Å². The Kier molecular flexibility index (Phi) is 3.54. The Morgan fingerprint density at radius 3 is 2.30 bits per heavy atom. The maximum Gasteiger partial charge on any atom is 0.146 e. The van der Waals surface area contributed by atoms with Gasteiger partial charge in [-0.3, -0.25) is 0 Å². The average molecular weight is 271 g/mol. The molecule has 1 aromatic carbocycles. The van der Waals surface area contributed by atoms with Gasteiger partial charge in [0.15, 0.2) is 0 Å². The molecule has 0 unspecified atom stereocenters. The first kappa shape index (κ1) is 12.9. The summed E-state index contributed by atoms with van der Waals surface area (Å²) in [6.45, 7) is 5.40. The van der Waals surface area contributed by atoms with Gasteiger partial charge in [0.2, 0.25) is 0 Å². The molecular formula is C16H18FN3. The van der Waals surface area contributed by atoms with Gasteiger partial charge in [0.1, 0.15) is 11.6 Å². The van der Waals surface area contributed by atoms with Crippen molar-refractivity contribution in [2.75, 3.05) is 36.0 Å². The molecule has 1 aromatic heterocycles. The highest BCUT2D eigenvalue weighted by Gasteiger charge is 2.19. The summed E-state index contributed by atoms with van der Waals surface area (Å²) in [5.74, 6) is 0.859. The molecule has 1 aliphatic heterocycles. The maximum atomic E-state index is 13.8. The van der Waals surface area contributed by atoms with Crippen molar-refractivity contribution < 1.29 is 4.39 Å². The Labute approximate surface area is 118 Å². The minimum absolute atomic E-state index is 0.144. The summed E-state index contributed by atoms with van der Waals surface area (Å²) in [4.78, 5) is 8.79. The zero-order valence-electron chi connectivity index (χ0n) is 11.6. The second kappa shape index (κ2) is 5.49. The number of halogens is 1. The van der Waals surface area contributed by atoms with Crippen LogP contribution < -0.4 is 9.80 Å². The van der Waals surface area contributed by atoms with Crippen LogP contribution in [0.25, 0.3) is 0 Å². The summed E-state index contributed by atoms with van der Waals surface area (Å²) >= 11 is 0. The lowest BCUT2D eigenvalue weighted by Crippen LogP contribution is -2.47. The van der Waals surface area contributed by atoms with Crippen LogP contribution in [0.4, 0.5) is 15.9 Å². The van der Waals surface area contributed by atoms with Crippen LogP contribution in [0.2, 0.25) is 0 Å². The summed E-state index contributed by atoms with van der Waals surface area (Å²) in [6, 6.07) is 11.1.